The highest BCUT2D eigenvalue weighted by Crippen LogP contribution is 2.17. The Labute approximate surface area is 204 Å². The van der Waals surface area contributed by atoms with E-state index in [0.29, 0.717) is 56.5 Å². The van der Waals surface area contributed by atoms with E-state index in [2.05, 4.69) is 10.6 Å². The van der Waals surface area contributed by atoms with Crippen LogP contribution in [0, 0.1) is 0 Å². The molecule has 1 fully saturated rings. The Morgan fingerprint density at radius 2 is 1.37 bits per heavy atom. The second-order valence-corrected chi connectivity index (χ2v) is 7.92. The van der Waals surface area contributed by atoms with Crippen LogP contribution in [0.25, 0.3) is 0 Å². The number of hydrogen-bond donors (Lipinski definition) is 2. The lowest BCUT2D eigenvalue weighted by Crippen LogP contribution is -2.40. The van der Waals surface area contributed by atoms with Crippen LogP contribution < -0.4 is 20.1 Å². The van der Waals surface area contributed by atoms with Crippen molar-refractivity contribution in [1.82, 2.24) is 4.90 Å². The lowest BCUT2D eigenvalue weighted by Gasteiger charge is -2.26. The Kier molecular flexibility index (Phi) is 8.56. The van der Waals surface area contributed by atoms with E-state index in [9.17, 15) is 9.59 Å². The van der Waals surface area contributed by atoms with Gasteiger partial charge in [-0.25, -0.2) is 0 Å². The molecule has 0 aliphatic carbocycles. The smallest absolute Gasteiger partial charge is 0.254 e. The number of nitrogens with zero attached hydrogens (tertiary/aromatic N) is 1. The number of rotatable bonds is 10. The second kappa shape index (κ2) is 12.4. The van der Waals surface area contributed by atoms with Crippen LogP contribution in [0.2, 0.25) is 0 Å². The van der Waals surface area contributed by atoms with Crippen molar-refractivity contribution in [3.8, 4) is 11.5 Å². The standard InChI is InChI=1S/C27H29N3O5/c31-26(20-28-22-8-6-21(7-9-22)27(32)30-14-16-33-17-15-30)29-23-10-12-25(13-11-23)35-19-18-34-24-4-2-1-3-5-24/h1-13,28H,14-20H2,(H,29,31). The largest absolute Gasteiger partial charge is 0.490 e. The summed E-state index contributed by atoms with van der Waals surface area (Å²) < 4.78 is 16.6. The normalized spacial score (nSPS) is 13.1. The molecule has 1 aliphatic heterocycles. The molecule has 0 atom stereocenters. The first-order valence-corrected chi connectivity index (χ1v) is 11.6. The van der Waals surface area contributed by atoms with Gasteiger partial charge in [-0.05, 0) is 60.7 Å². The van der Waals surface area contributed by atoms with E-state index in [-0.39, 0.29) is 18.4 Å². The highest BCUT2D eigenvalue weighted by Gasteiger charge is 2.18. The maximum absolute atomic E-state index is 12.5. The fourth-order valence-corrected chi connectivity index (χ4v) is 3.54. The number of nitrogens with one attached hydrogen (secondary N) is 2. The SMILES string of the molecule is O=C(CNc1ccc(C(=O)N2CCOCC2)cc1)Nc1ccc(OCCOc2ccccc2)cc1. The molecule has 0 spiro atoms. The lowest BCUT2D eigenvalue weighted by atomic mass is 10.1. The Morgan fingerprint density at radius 3 is 2.03 bits per heavy atom. The number of carbonyl (C=O) groups excluding carboxylic acids is 2. The van der Waals surface area contributed by atoms with Gasteiger partial charge in [0.15, 0.2) is 0 Å². The summed E-state index contributed by atoms with van der Waals surface area (Å²) in [6.07, 6.45) is 0. The Bertz CT molecular complexity index is 1080. The highest BCUT2D eigenvalue weighted by molar-refractivity contribution is 5.95. The van der Waals surface area contributed by atoms with Gasteiger partial charge in [0.25, 0.3) is 5.91 Å². The molecular formula is C27H29N3O5. The Hall–Kier alpha value is -4.04. The minimum Gasteiger partial charge on any atom is -0.490 e. The third kappa shape index (κ3) is 7.48. The minimum atomic E-state index is -0.177. The van der Waals surface area contributed by atoms with Crippen LogP contribution in [0.3, 0.4) is 0 Å². The molecule has 0 radical (unpaired) electrons. The number of para-hydroxylation sites is 1. The summed E-state index contributed by atoms with van der Waals surface area (Å²) in [5.41, 5.74) is 2.06. The first-order valence-electron chi connectivity index (χ1n) is 11.6. The van der Waals surface area contributed by atoms with Crippen molar-refractivity contribution in [1.29, 1.82) is 0 Å². The van der Waals surface area contributed by atoms with Crippen molar-refractivity contribution in [2.24, 2.45) is 0 Å². The van der Waals surface area contributed by atoms with Crippen molar-refractivity contribution >= 4 is 23.2 Å². The molecule has 1 saturated heterocycles. The lowest BCUT2D eigenvalue weighted by molar-refractivity contribution is -0.114. The molecule has 8 nitrogen and oxygen atoms in total. The third-order valence-electron chi connectivity index (χ3n) is 5.39. The second-order valence-electron chi connectivity index (χ2n) is 7.92. The topological polar surface area (TPSA) is 89.1 Å². The molecule has 0 aromatic heterocycles. The molecular weight excluding hydrogens is 446 g/mol. The quantitative estimate of drug-likeness (QED) is 0.435. The monoisotopic (exact) mass is 475 g/mol. The maximum Gasteiger partial charge on any atom is 0.254 e. The molecule has 2 amide bonds. The number of amides is 2. The zero-order valence-corrected chi connectivity index (χ0v) is 19.4. The number of ether oxygens (including phenoxy) is 3. The van der Waals surface area contributed by atoms with Crippen molar-refractivity contribution in [3.63, 3.8) is 0 Å². The summed E-state index contributed by atoms with van der Waals surface area (Å²) >= 11 is 0. The van der Waals surface area contributed by atoms with Crippen molar-refractivity contribution < 1.29 is 23.8 Å². The Morgan fingerprint density at radius 1 is 0.771 bits per heavy atom. The Balaban J connectivity index is 1.16. The molecule has 8 heteroatoms. The van der Waals surface area contributed by atoms with E-state index in [1.54, 1.807) is 53.4 Å². The summed E-state index contributed by atoms with van der Waals surface area (Å²) in [7, 11) is 0. The van der Waals surface area contributed by atoms with Crippen LogP contribution in [-0.4, -0.2) is 62.8 Å². The van der Waals surface area contributed by atoms with E-state index in [4.69, 9.17) is 14.2 Å². The number of hydrogen-bond acceptors (Lipinski definition) is 6. The van der Waals surface area contributed by atoms with E-state index < -0.39 is 0 Å². The van der Waals surface area contributed by atoms with E-state index in [0.717, 1.165) is 11.4 Å². The molecule has 3 aromatic rings. The average Bonchev–Trinajstić information content (AvgIpc) is 2.92. The van der Waals surface area contributed by atoms with E-state index >= 15 is 0 Å². The van der Waals surface area contributed by atoms with Gasteiger partial charge >= 0.3 is 0 Å². The number of carbonyl (C=O) groups is 2. The number of anilines is 2. The summed E-state index contributed by atoms with van der Waals surface area (Å²) in [5, 5.41) is 5.92. The minimum absolute atomic E-state index is 0.00580. The van der Waals surface area contributed by atoms with Crippen LogP contribution in [0.5, 0.6) is 11.5 Å². The van der Waals surface area contributed by atoms with Crippen molar-refractivity contribution in [2.75, 3.05) is 56.7 Å². The summed E-state index contributed by atoms with van der Waals surface area (Å²) in [6.45, 7) is 3.31. The van der Waals surface area contributed by atoms with Crippen LogP contribution in [0.1, 0.15) is 10.4 Å². The predicted octanol–water partition coefficient (Wildman–Crippen LogP) is 3.67. The average molecular weight is 476 g/mol. The highest BCUT2D eigenvalue weighted by atomic mass is 16.5. The van der Waals surface area contributed by atoms with Crippen molar-refractivity contribution in [2.45, 2.75) is 0 Å². The zero-order chi connectivity index (χ0) is 24.3. The van der Waals surface area contributed by atoms with Gasteiger partial charge in [0.2, 0.25) is 5.91 Å². The van der Waals surface area contributed by atoms with Gasteiger partial charge in [0, 0.05) is 30.0 Å². The fraction of sp³-hybridized carbons (Fsp3) is 0.259. The number of morpholine rings is 1. The molecule has 2 N–H and O–H groups in total. The van der Waals surface area contributed by atoms with E-state index in [1.807, 2.05) is 30.3 Å². The van der Waals surface area contributed by atoms with Gasteiger partial charge in [-0.3, -0.25) is 9.59 Å². The molecule has 0 unspecified atom stereocenters. The molecule has 35 heavy (non-hydrogen) atoms. The number of benzene rings is 3. The van der Waals surface area contributed by atoms with Crippen molar-refractivity contribution in [3.05, 3.63) is 84.4 Å². The van der Waals surface area contributed by atoms with Gasteiger partial charge in [0.05, 0.1) is 19.8 Å². The molecule has 0 bridgehead atoms. The predicted molar refractivity (Wildman–Crippen MR) is 134 cm³/mol. The summed E-state index contributed by atoms with van der Waals surface area (Å²) in [5.74, 6) is 1.32. The summed E-state index contributed by atoms with van der Waals surface area (Å²) in [6, 6.07) is 23.9. The zero-order valence-electron chi connectivity index (χ0n) is 19.4. The van der Waals surface area contributed by atoms with Gasteiger partial charge in [-0.15, -0.1) is 0 Å². The molecule has 0 saturated carbocycles. The summed E-state index contributed by atoms with van der Waals surface area (Å²) in [4.78, 5) is 26.6. The molecule has 1 aliphatic rings. The van der Waals surface area contributed by atoms with Crippen LogP contribution in [0.15, 0.2) is 78.9 Å². The van der Waals surface area contributed by atoms with Gasteiger partial charge in [-0.1, -0.05) is 18.2 Å². The van der Waals surface area contributed by atoms with E-state index in [1.165, 1.54) is 0 Å². The molecule has 1 heterocycles. The molecule has 3 aromatic carbocycles. The molecule has 182 valence electrons. The first-order chi connectivity index (χ1) is 17.2. The maximum atomic E-state index is 12.5. The van der Waals surface area contributed by atoms with Gasteiger partial charge < -0.3 is 29.7 Å². The van der Waals surface area contributed by atoms with Gasteiger partial charge in [0.1, 0.15) is 24.7 Å². The first kappa shape index (κ1) is 24.1. The van der Waals surface area contributed by atoms with Crippen LogP contribution in [-0.2, 0) is 9.53 Å². The molecule has 4 rings (SSSR count). The van der Waals surface area contributed by atoms with Gasteiger partial charge in [-0.2, -0.15) is 0 Å². The fourth-order valence-electron chi connectivity index (χ4n) is 3.54. The van der Waals surface area contributed by atoms with Crippen LogP contribution >= 0.6 is 0 Å². The third-order valence-corrected chi connectivity index (χ3v) is 5.39. The van der Waals surface area contributed by atoms with Crippen LogP contribution in [0.4, 0.5) is 11.4 Å².